The van der Waals surface area contributed by atoms with Crippen LogP contribution in [0.25, 0.3) is 11.5 Å². The summed E-state index contributed by atoms with van der Waals surface area (Å²) in [4.78, 5) is 15.8. The van der Waals surface area contributed by atoms with Gasteiger partial charge in [0.15, 0.2) is 6.10 Å². The molecule has 0 aliphatic heterocycles. The molecule has 0 spiro atoms. The van der Waals surface area contributed by atoms with Crippen LogP contribution < -0.4 is 9.47 Å². The number of hydrogen-bond donors (Lipinski definition) is 1. The summed E-state index contributed by atoms with van der Waals surface area (Å²) < 4.78 is 35.8. The summed E-state index contributed by atoms with van der Waals surface area (Å²) in [6.07, 6.45) is -0.776. The summed E-state index contributed by atoms with van der Waals surface area (Å²) >= 11 is 0. The number of hydrogen-bond acceptors (Lipinski definition) is 6. The molecular formula is C24H26FNO6. The van der Waals surface area contributed by atoms with Crippen LogP contribution in [-0.2, 0) is 22.6 Å². The second kappa shape index (κ2) is 10.3. The summed E-state index contributed by atoms with van der Waals surface area (Å²) in [6, 6.07) is 9.87. The Balaban J connectivity index is 1.72. The topological polar surface area (TPSA) is 91.0 Å². The van der Waals surface area contributed by atoms with Gasteiger partial charge in [-0.1, -0.05) is 6.07 Å². The molecule has 2 aromatic carbocycles. The third-order valence-electron chi connectivity index (χ3n) is 4.98. The molecule has 0 unspecified atom stereocenters. The van der Waals surface area contributed by atoms with Gasteiger partial charge in [-0.2, -0.15) is 0 Å². The van der Waals surface area contributed by atoms with Crippen LogP contribution in [0.15, 0.2) is 40.8 Å². The van der Waals surface area contributed by atoms with E-state index in [-0.39, 0.29) is 18.8 Å². The number of carboxylic acid groups (broad SMARTS) is 1. The van der Waals surface area contributed by atoms with Crippen LogP contribution in [0, 0.1) is 19.7 Å². The minimum absolute atomic E-state index is 0.161. The highest BCUT2D eigenvalue weighted by atomic mass is 19.1. The van der Waals surface area contributed by atoms with E-state index < -0.39 is 12.1 Å². The Morgan fingerprint density at radius 1 is 1.22 bits per heavy atom. The van der Waals surface area contributed by atoms with E-state index in [0.717, 1.165) is 0 Å². The lowest BCUT2D eigenvalue weighted by Gasteiger charge is -2.15. The average molecular weight is 443 g/mol. The van der Waals surface area contributed by atoms with E-state index in [0.29, 0.717) is 52.1 Å². The summed E-state index contributed by atoms with van der Waals surface area (Å²) in [5, 5.41) is 9.31. The first-order valence-electron chi connectivity index (χ1n) is 10.2. The Morgan fingerprint density at radius 2 is 2.00 bits per heavy atom. The number of carboxylic acids is 1. The third-order valence-corrected chi connectivity index (χ3v) is 4.98. The fraction of sp³-hybridized carbons (Fsp3) is 0.333. The first-order chi connectivity index (χ1) is 15.3. The van der Waals surface area contributed by atoms with Crippen molar-refractivity contribution in [2.45, 2.75) is 39.9 Å². The monoisotopic (exact) mass is 443 g/mol. The van der Waals surface area contributed by atoms with E-state index in [1.165, 1.54) is 13.2 Å². The molecule has 0 aliphatic carbocycles. The first kappa shape index (κ1) is 23.3. The molecule has 1 atom stereocenters. The number of aryl methyl sites for hydroxylation is 2. The van der Waals surface area contributed by atoms with Crippen LogP contribution in [0.2, 0.25) is 0 Å². The lowest BCUT2D eigenvalue weighted by atomic mass is 10.1. The smallest absolute Gasteiger partial charge is 0.333 e. The highest BCUT2D eigenvalue weighted by Gasteiger charge is 2.20. The number of ether oxygens (including phenoxy) is 3. The number of carbonyl (C=O) groups is 1. The zero-order chi connectivity index (χ0) is 23.3. The summed E-state index contributed by atoms with van der Waals surface area (Å²) in [6.45, 7) is 5.68. The van der Waals surface area contributed by atoms with Crippen LogP contribution in [0.4, 0.5) is 4.39 Å². The van der Waals surface area contributed by atoms with Crippen molar-refractivity contribution in [3.05, 3.63) is 64.8 Å². The average Bonchev–Trinajstić information content (AvgIpc) is 3.14. The third kappa shape index (κ3) is 5.45. The van der Waals surface area contributed by atoms with Crippen molar-refractivity contribution in [3.63, 3.8) is 0 Å². The van der Waals surface area contributed by atoms with Crippen LogP contribution in [0.1, 0.15) is 29.5 Å². The number of halogens is 1. The summed E-state index contributed by atoms with van der Waals surface area (Å²) in [7, 11) is 1.51. The van der Waals surface area contributed by atoms with Gasteiger partial charge in [-0.15, -0.1) is 0 Å². The van der Waals surface area contributed by atoms with Crippen molar-refractivity contribution in [1.29, 1.82) is 0 Å². The van der Waals surface area contributed by atoms with E-state index >= 15 is 0 Å². The van der Waals surface area contributed by atoms with Gasteiger partial charge in [-0.3, -0.25) is 0 Å². The number of aromatic nitrogens is 1. The van der Waals surface area contributed by atoms with Gasteiger partial charge >= 0.3 is 5.97 Å². The van der Waals surface area contributed by atoms with Gasteiger partial charge in [0.2, 0.25) is 5.89 Å². The molecule has 1 aromatic heterocycles. The highest BCUT2D eigenvalue weighted by Crippen LogP contribution is 2.28. The maximum Gasteiger partial charge on any atom is 0.333 e. The standard InChI is InChI=1S/C24H26FNO6/c1-5-30-22(24(27)28)11-16-6-8-18(12-21(16)29-4)31-13-20-15(3)32-23(26-20)17-7-9-19(25)14(2)10-17/h6-10,12,22H,5,11,13H2,1-4H3,(H,27,28)/t22-/m0/s1. The van der Waals surface area contributed by atoms with Gasteiger partial charge in [-0.25, -0.2) is 14.2 Å². The van der Waals surface area contributed by atoms with Crippen LogP contribution >= 0.6 is 0 Å². The Labute approximate surface area is 185 Å². The molecule has 0 fully saturated rings. The largest absolute Gasteiger partial charge is 0.496 e. The van der Waals surface area contributed by atoms with E-state index in [1.54, 1.807) is 51.1 Å². The van der Waals surface area contributed by atoms with Crippen molar-refractivity contribution in [2.24, 2.45) is 0 Å². The fourth-order valence-corrected chi connectivity index (χ4v) is 3.22. The number of methoxy groups -OCH3 is 1. The van der Waals surface area contributed by atoms with E-state index in [1.807, 2.05) is 0 Å². The predicted molar refractivity (Wildman–Crippen MR) is 115 cm³/mol. The zero-order valence-electron chi connectivity index (χ0n) is 18.5. The lowest BCUT2D eigenvalue weighted by Crippen LogP contribution is -2.26. The van der Waals surface area contributed by atoms with Gasteiger partial charge in [0.25, 0.3) is 0 Å². The van der Waals surface area contributed by atoms with E-state index in [9.17, 15) is 14.3 Å². The molecule has 0 saturated heterocycles. The van der Waals surface area contributed by atoms with Gasteiger partial charge in [0.1, 0.15) is 35.4 Å². The van der Waals surface area contributed by atoms with Crippen molar-refractivity contribution in [1.82, 2.24) is 4.98 Å². The number of nitrogens with zero attached hydrogens (tertiary/aromatic N) is 1. The molecule has 7 nitrogen and oxygen atoms in total. The summed E-state index contributed by atoms with van der Waals surface area (Å²) in [5.74, 6) is 0.736. The Kier molecular flexibility index (Phi) is 7.48. The van der Waals surface area contributed by atoms with Gasteiger partial charge in [0.05, 0.1) is 7.11 Å². The zero-order valence-corrected chi connectivity index (χ0v) is 18.5. The first-order valence-corrected chi connectivity index (χ1v) is 10.2. The van der Waals surface area contributed by atoms with Gasteiger partial charge < -0.3 is 23.7 Å². The number of benzene rings is 2. The Bertz CT molecular complexity index is 1090. The molecule has 0 aliphatic rings. The Morgan fingerprint density at radius 3 is 2.66 bits per heavy atom. The van der Waals surface area contributed by atoms with E-state index in [2.05, 4.69) is 4.98 Å². The molecule has 32 heavy (non-hydrogen) atoms. The molecule has 170 valence electrons. The van der Waals surface area contributed by atoms with Crippen molar-refractivity contribution in [2.75, 3.05) is 13.7 Å². The van der Waals surface area contributed by atoms with Crippen LogP contribution in [0.5, 0.6) is 11.5 Å². The highest BCUT2D eigenvalue weighted by molar-refractivity contribution is 5.73. The lowest BCUT2D eigenvalue weighted by molar-refractivity contribution is -0.149. The molecule has 0 saturated carbocycles. The maximum atomic E-state index is 13.5. The molecule has 3 aromatic rings. The normalized spacial score (nSPS) is 11.9. The molecular weight excluding hydrogens is 417 g/mol. The SMILES string of the molecule is CCO[C@@H](Cc1ccc(OCc2nc(-c3ccc(F)c(C)c3)oc2C)cc1OC)C(=O)O. The molecule has 0 amide bonds. The van der Waals surface area contributed by atoms with Crippen molar-refractivity contribution in [3.8, 4) is 23.0 Å². The van der Waals surface area contributed by atoms with Crippen LogP contribution in [0.3, 0.4) is 0 Å². The quantitative estimate of drug-likeness (QED) is 0.485. The van der Waals surface area contributed by atoms with Crippen LogP contribution in [-0.4, -0.2) is 35.9 Å². The number of oxazole rings is 1. The molecule has 0 radical (unpaired) electrons. The molecule has 0 bridgehead atoms. The van der Waals surface area contributed by atoms with Crippen molar-refractivity contribution < 1.29 is 32.9 Å². The molecule has 1 heterocycles. The predicted octanol–water partition coefficient (Wildman–Crippen LogP) is 4.72. The van der Waals surface area contributed by atoms with E-state index in [4.69, 9.17) is 18.6 Å². The molecule has 8 heteroatoms. The Hall–Kier alpha value is -3.39. The van der Waals surface area contributed by atoms with Gasteiger partial charge in [-0.05, 0) is 56.2 Å². The minimum atomic E-state index is -1.03. The summed E-state index contributed by atoms with van der Waals surface area (Å²) in [5.41, 5.74) is 2.52. The maximum absolute atomic E-state index is 13.5. The molecule has 3 rings (SSSR count). The second-order valence-corrected chi connectivity index (χ2v) is 7.23. The van der Waals surface area contributed by atoms with Crippen molar-refractivity contribution >= 4 is 5.97 Å². The fourth-order valence-electron chi connectivity index (χ4n) is 3.22. The number of aliphatic carboxylic acids is 1. The molecule has 1 N–H and O–H groups in total. The van der Waals surface area contributed by atoms with Gasteiger partial charge in [0, 0.05) is 24.7 Å². The second-order valence-electron chi connectivity index (χ2n) is 7.23. The number of rotatable bonds is 10. The minimum Gasteiger partial charge on any atom is -0.496 e.